The molecule has 1 fully saturated rings. The molecule has 3 nitrogen and oxygen atoms in total. The third kappa shape index (κ3) is 7.16. The number of hydrogen-bond acceptors (Lipinski definition) is 2. The summed E-state index contributed by atoms with van der Waals surface area (Å²) in [7, 11) is 0. The number of carbonyl (C=O) groups is 1. The first-order valence-electron chi connectivity index (χ1n) is 7.74. The Balaban J connectivity index is 2.57. The first kappa shape index (κ1) is 18.3. The van der Waals surface area contributed by atoms with Gasteiger partial charge in [0.25, 0.3) is 0 Å². The summed E-state index contributed by atoms with van der Waals surface area (Å²) in [5, 5.41) is 3.28. The highest BCUT2D eigenvalue weighted by atomic mass is 19.4. The second-order valence-corrected chi connectivity index (χ2v) is 6.57. The molecular weight excluding hydrogens is 281 g/mol. The zero-order valence-corrected chi connectivity index (χ0v) is 13.2. The standard InChI is InChI=1S/C15H27F3N2O/c1-11(2)9-20(10-15(16,17)18)14(21)7-12(3)13-5-4-6-19-8-13/h11-13,19H,4-10H2,1-3H3. The van der Waals surface area contributed by atoms with Crippen molar-refractivity contribution in [2.75, 3.05) is 26.2 Å². The fourth-order valence-corrected chi connectivity index (χ4v) is 2.85. The Bertz CT molecular complexity index is 325. The van der Waals surface area contributed by atoms with E-state index < -0.39 is 12.7 Å². The number of rotatable bonds is 6. The van der Waals surface area contributed by atoms with Crippen LogP contribution in [0.4, 0.5) is 13.2 Å². The van der Waals surface area contributed by atoms with Gasteiger partial charge in [0.1, 0.15) is 6.54 Å². The highest BCUT2D eigenvalue weighted by molar-refractivity contribution is 5.76. The number of amides is 1. The summed E-state index contributed by atoms with van der Waals surface area (Å²) in [5.74, 6) is 0.157. The molecule has 0 aliphatic carbocycles. The Morgan fingerprint density at radius 1 is 1.33 bits per heavy atom. The maximum Gasteiger partial charge on any atom is 0.406 e. The molecule has 2 unspecified atom stereocenters. The van der Waals surface area contributed by atoms with E-state index >= 15 is 0 Å². The summed E-state index contributed by atoms with van der Waals surface area (Å²) in [5.41, 5.74) is 0. The van der Waals surface area contributed by atoms with Gasteiger partial charge < -0.3 is 10.2 Å². The molecule has 0 bridgehead atoms. The molecule has 0 aromatic rings. The van der Waals surface area contributed by atoms with Gasteiger partial charge in [-0.25, -0.2) is 0 Å². The lowest BCUT2D eigenvalue weighted by molar-refractivity contribution is -0.162. The molecule has 0 aromatic heterocycles. The van der Waals surface area contributed by atoms with Crippen LogP contribution in [0.25, 0.3) is 0 Å². The van der Waals surface area contributed by atoms with E-state index in [1.165, 1.54) is 0 Å². The van der Waals surface area contributed by atoms with Crippen LogP contribution in [-0.4, -0.2) is 43.2 Å². The fraction of sp³-hybridized carbons (Fsp3) is 0.933. The van der Waals surface area contributed by atoms with Crippen molar-refractivity contribution in [3.8, 4) is 0 Å². The van der Waals surface area contributed by atoms with E-state index in [0.29, 0.717) is 5.92 Å². The average Bonchev–Trinajstić information content (AvgIpc) is 2.36. The van der Waals surface area contributed by atoms with Crippen molar-refractivity contribution in [3.05, 3.63) is 0 Å². The fourth-order valence-electron chi connectivity index (χ4n) is 2.85. The molecule has 1 aliphatic heterocycles. The number of nitrogens with zero attached hydrogens (tertiary/aromatic N) is 1. The summed E-state index contributed by atoms with van der Waals surface area (Å²) >= 11 is 0. The van der Waals surface area contributed by atoms with E-state index in [1.807, 2.05) is 20.8 Å². The summed E-state index contributed by atoms with van der Waals surface area (Å²) < 4.78 is 37.8. The molecule has 0 aromatic carbocycles. The van der Waals surface area contributed by atoms with Gasteiger partial charge in [0.05, 0.1) is 0 Å². The topological polar surface area (TPSA) is 32.3 Å². The van der Waals surface area contributed by atoms with Crippen molar-refractivity contribution in [2.24, 2.45) is 17.8 Å². The largest absolute Gasteiger partial charge is 0.406 e. The number of piperidine rings is 1. The number of nitrogens with one attached hydrogen (secondary N) is 1. The summed E-state index contributed by atoms with van der Waals surface area (Å²) in [4.78, 5) is 13.2. The van der Waals surface area contributed by atoms with Gasteiger partial charge in [-0.05, 0) is 43.7 Å². The Hall–Kier alpha value is -0.780. The van der Waals surface area contributed by atoms with Gasteiger partial charge in [-0.3, -0.25) is 4.79 Å². The van der Waals surface area contributed by atoms with E-state index in [2.05, 4.69) is 5.32 Å². The Morgan fingerprint density at radius 3 is 2.48 bits per heavy atom. The third-order valence-corrected chi connectivity index (χ3v) is 3.94. The SMILES string of the molecule is CC(C)CN(CC(F)(F)F)C(=O)CC(C)C1CCCNC1. The number of carbonyl (C=O) groups excluding carboxylic acids is 1. The van der Waals surface area contributed by atoms with Crippen molar-refractivity contribution in [1.82, 2.24) is 10.2 Å². The molecular formula is C15H27F3N2O. The van der Waals surface area contributed by atoms with Gasteiger partial charge in [0.15, 0.2) is 0 Å². The second-order valence-electron chi connectivity index (χ2n) is 6.57. The lowest BCUT2D eigenvalue weighted by Crippen LogP contribution is -2.42. The minimum atomic E-state index is -4.33. The van der Waals surface area contributed by atoms with Crippen LogP contribution in [0.1, 0.15) is 40.0 Å². The van der Waals surface area contributed by atoms with Crippen LogP contribution < -0.4 is 5.32 Å². The van der Waals surface area contributed by atoms with Gasteiger partial charge >= 0.3 is 6.18 Å². The van der Waals surface area contributed by atoms with E-state index in [0.717, 1.165) is 30.8 Å². The lowest BCUT2D eigenvalue weighted by atomic mass is 9.85. The molecule has 2 atom stereocenters. The Labute approximate surface area is 125 Å². The van der Waals surface area contributed by atoms with Gasteiger partial charge in [0, 0.05) is 13.0 Å². The second kappa shape index (κ2) is 8.01. The Kier molecular flexibility index (Phi) is 6.97. The maximum absolute atomic E-state index is 12.6. The van der Waals surface area contributed by atoms with Crippen LogP contribution >= 0.6 is 0 Å². The average molecular weight is 308 g/mol. The van der Waals surface area contributed by atoms with Gasteiger partial charge in [-0.15, -0.1) is 0 Å². The molecule has 1 N–H and O–H groups in total. The van der Waals surface area contributed by atoms with E-state index in [-0.39, 0.29) is 30.7 Å². The van der Waals surface area contributed by atoms with E-state index in [1.54, 1.807) is 0 Å². The van der Waals surface area contributed by atoms with Crippen LogP contribution in [0.2, 0.25) is 0 Å². The van der Waals surface area contributed by atoms with E-state index in [4.69, 9.17) is 0 Å². The minimum absolute atomic E-state index is 0.0305. The molecule has 1 rings (SSSR count). The summed E-state index contributed by atoms with van der Waals surface area (Å²) in [6.45, 7) is 6.49. The van der Waals surface area contributed by atoms with Crippen molar-refractivity contribution < 1.29 is 18.0 Å². The van der Waals surface area contributed by atoms with Crippen LogP contribution in [0.15, 0.2) is 0 Å². The molecule has 0 saturated carbocycles. The first-order valence-corrected chi connectivity index (χ1v) is 7.74. The molecule has 6 heteroatoms. The predicted octanol–water partition coefficient (Wildman–Crippen LogP) is 3.06. The van der Waals surface area contributed by atoms with Crippen molar-refractivity contribution >= 4 is 5.91 Å². The van der Waals surface area contributed by atoms with Crippen LogP contribution in [-0.2, 0) is 4.79 Å². The molecule has 0 spiro atoms. The molecule has 124 valence electrons. The predicted molar refractivity (Wildman–Crippen MR) is 76.8 cm³/mol. The molecule has 21 heavy (non-hydrogen) atoms. The highest BCUT2D eigenvalue weighted by Gasteiger charge is 2.34. The van der Waals surface area contributed by atoms with Gasteiger partial charge in [-0.2, -0.15) is 13.2 Å². The third-order valence-electron chi connectivity index (χ3n) is 3.94. The molecule has 1 amide bonds. The Morgan fingerprint density at radius 2 is 2.00 bits per heavy atom. The summed E-state index contributed by atoms with van der Waals surface area (Å²) in [6.07, 6.45) is -2.01. The first-order chi connectivity index (χ1) is 9.69. The van der Waals surface area contributed by atoms with Crippen molar-refractivity contribution in [1.29, 1.82) is 0 Å². The van der Waals surface area contributed by atoms with Crippen molar-refractivity contribution in [3.63, 3.8) is 0 Å². The zero-order chi connectivity index (χ0) is 16.0. The quantitative estimate of drug-likeness (QED) is 0.818. The minimum Gasteiger partial charge on any atom is -0.333 e. The molecule has 0 radical (unpaired) electrons. The molecule has 1 heterocycles. The van der Waals surface area contributed by atoms with Crippen molar-refractivity contribution in [2.45, 2.75) is 46.2 Å². The number of hydrogen-bond donors (Lipinski definition) is 1. The lowest BCUT2D eigenvalue weighted by Gasteiger charge is -2.31. The monoisotopic (exact) mass is 308 g/mol. The summed E-state index contributed by atoms with van der Waals surface area (Å²) in [6, 6.07) is 0. The number of alkyl halides is 3. The normalized spacial score (nSPS) is 21.4. The zero-order valence-electron chi connectivity index (χ0n) is 13.2. The van der Waals surface area contributed by atoms with Crippen LogP contribution in [0.3, 0.4) is 0 Å². The molecule has 1 aliphatic rings. The van der Waals surface area contributed by atoms with Crippen LogP contribution in [0, 0.1) is 17.8 Å². The van der Waals surface area contributed by atoms with Gasteiger partial charge in [-0.1, -0.05) is 20.8 Å². The van der Waals surface area contributed by atoms with Crippen LogP contribution in [0.5, 0.6) is 0 Å². The van der Waals surface area contributed by atoms with Gasteiger partial charge in [0.2, 0.25) is 5.91 Å². The smallest absolute Gasteiger partial charge is 0.333 e. The van der Waals surface area contributed by atoms with E-state index in [9.17, 15) is 18.0 Å². The molecule has 1 saturated heterocycles. The highest BCUT2D eigenvalue weighted by Crippen LogP contribution is 2.24. The maximum atomic E-state index is 12.6. The number of halogens is 3.